The van der Waals surface area contributed by atoms with Gasteiger partial charge < -0.3 is 19.1 Å². The standard InChI is InChI=1S/C17H33N3O3S/c1-12-13(2)15(10-18-11-20(4)5)23-17(14(12)3)22-9-7-6-8-16(21)19-24/h11-15,17,24H,6-10H2,1-5H3,(H,19,21). The van der Waals surface area contributed by atoms with Crippen LogP contribution in [0.15, 0.2) is 4.99 Å². The molecular formula is C17H33N3O3S. The molecule has 1 aliphatic rings. The maximum absolute atomic E-state index is 11.1. The number of ether oxygens (including phenoxy) is 2. The number of hydrogen-bond acceptors (Lipinski definition) is 5. The zero-order valence-electron chi connectivity index (χ0n) is 15.6. The van der Waals surface area contributed by atoms with Gasteiger partial charge in [-0.3, -0.25) is 9.79 Å². The highest BCUT2D eigenvalue weighted by molar-refractivity contribution is 7.78. The van der Waals surface area contributed by atoms with Crippen molar-refractivity contribution in [3.05, 3.63) is 0 Å². The second-order valence-corrected chi connectivity index (χ2v) is 7.15. The van der Waals surface area contributed by atoms with E-state index in [2.05, 4.69) is 43.3 Å². The van der Waals surface area contributed by atoms with Crippen LogP contribution in [0.3, 0.4) is 0 Å². The Labute approximate surface area is 151 Å². The summed E-state index contributed by atoms with van der Waals surface area (Å²) < 4.78 is 14.4. The molecule has 1 heterocycles. The number of nitrogens with one attached hydrogen (secondary N) is 1. The van der Waals surface area contributed by atoms with E-state index in [0.29, 0.717) is 37.3 Å². The molecule has 1 rings (SSSR count). The van der Waals surface area contributed by atoms with Gasteiger partial charge in [0, 0.05) is 33.0 Å². The number of nitrogens with zero attached hydrogens (tertiary/aromatic N) is 2. The molecular weight excluding hydrogens is 326 g/mol. The number of thiol groups is 1. The molecule has 1 saturated heterocycles. The SMILES string of the molecule is CC1C(CN=CN(C)C)OC(OCCCCC(=O)NS)C(C)C1C. The van der Waals surface area contributed by atoms with Crippen LogP contribution >= 0.6 is 12.8 Å². The first-order valence-corrected chi connectivity index (χ1v) is 9.17. The first kappa shape index (κ1) is 21.3. The van der Waals surface area contributed by atoms with Gasteiger partial charge in [0.25, 0.3) is 0 Å². The number of unbranched alkanes of at least 4 members (excludes halogenated alkanes) is 1. The number of aliphatic imine (C=N–C) groups is 1. The number of amides is 1. The summed E-state index contributed by atoms with van der Waals surface area (Å²) in [5.74, 6) is 1.24. The van der Waals surface area contributed by atoms with E-state index in [0.717, 1.165) is 12.8 Å². The van der Waals surface area contributed by atoms with E-state index < -0.39 is 0 Å². The van der Waals surface area contributed by atoms with Crippen LogP contribution in [0.4, 0.5) is 0 Å². The van der Waals surface area contributed by atoms with Crippen molar-refractivity contribution in [1.82, 2.24) is 9.62 Å². The summed E-state index contributed by atoms with van der Waals surface area (Å²) >= 11 is 3.74. The van der Waals surface area contributed by atoms with Crippen LogP contribution in [0, 0.1) is 17.8 Å². The fourth-order valence-corrected chi connectivity index (χ4v) is 2.95. The Morgan fingerprint density at radius 1 is 1.25 bits per heavy atom. The molecule has 0 aromatic heterocycles. The second-order valence-electron chi connectivity index (χ2n) is 6.93. The molecule has 7 heteroatoms. The Kier molecular flexibility index (Phi) is 9.69. The maximum atomic E-state index is 11.1. The molecule has 1 fully saturated rings. The zero-order chi connectivity index (χ0) is 18.1. The van der Waals surface area contributed by atoms with Gasteiger partial charge in [-0.05, 0) is 24.7 Å². The Bertz CT molecular complexity index is 407. The first-order valence-electron chi connectivity index (χ1n) is 8.73. The van der Waals surface area contributed by atoms with Crippen LogP contribution in [0.2, 0.25) is 0 Å². The lowest BCUT2D eigenvalue weighted by atomic mass is 9.79. The molecule has 0 spiro atoms. The van der Waals surface area contributed by atoms with Crippen LogP contribution in [-0.2, 0) is 14.3 Å². The fourth-order valence-electron chi connectivity index (χ4n) is 2.84. The molecule has 0 aliphatic carbocycles. The van der Waals surface area contributed by atoms with Gasteiger partial charge in [0.15, 0.2) is 6.29 Å². The molecule has 0 saturated carbocycles. The topological polar surface area (TPSA) is 63.2 Å². The Balaban J connectivity index is 2.43. The molecule has 140 valence electrons. The van der Waals surface area contributed by atoms with E-state index in [4.69, 9.17) is 9.47 Å². The van der Waals surface area contributed by atoms with Gasteiger partial charge in [0.1, 0.15) is 0 Å². The number of carbonyl (C=O) groups excluding carboxylic acids is 1. The summed E-state index contributed by atoms with van der Waals surface area (Å²) in [5, 5.41) is 0. The lowest BCUT2D eigenvalue weighted by Gasteiger charge is -2.43. The summed E-state index contributed by atoms with van der Waals surface area (Å²) in [5.41, 5.74) is 0. The van der Waals surface area contributed by atoms with Crippen LogP contribution in [0.1, 0.15) is 40.0 Å². The van der Waals surface area contributed by atoms with Crippen LogP contribution < -0.4 is 4.72 Å². The van der Waals surface area contributed by atoms with Gasteiger partial charge in [0.2, 0.25) is 5.91 Å². The minimum absolute atomic E-state index is 0.0538. The van der Waals surface area contributed by atoms with Gasteiger partial charge in [-0.25, -0.2) is 0 Å². The number of carbonyl (C=O) groups is 1. The van der Waals surface area contributed by atoms with Crippen molar-refractivity contribution in [3.63, 3.8) is 0 Å². The Morgan fingerprint density at radius 2 is 1.96 bits per heavy atom. The molecule has 1 N–H and O–H groups in total. The summed E-state index contributed by atoms with van der Waals surface area (Å²) in [6.07, 6.45) is 3.79. The third-order valence-corrected chi connectivity index (χ3v) is 5.04. The van der Waals surface area contributed by atoms with Gasteiger partial charge in [-0.15, -0.1) is 0 Å². The molecule has 0 aromatic rings. The van der Waals surface area contributed by atoms with Crippen LogP contribution in [0.25, 0.3) is 0 Å². The van der Waals surface area contributed by atoms with Crippen molar-refractivity contribution >= 4 is 25.1 Å². The summed E-state index contributed by atoms with van der Waals surface area (Å²) in [7, 11) is 3.92. The third-order valence-electron chi connectivity index (χ3n) is 4.79. The predicted octanol–water partition coefficient (Wildman–Crippen LogP) is 2.36. The number of hydrogen-bond donors (Lipinski definition) is 2. The largest absolute Gasteiger partial charge is 0.369 e. The van der Waals surface area contributed by atoms with Crippen LogP contribution in [-0.4, -0.2) is 56.8 Å². The third kappa shape index (κ3) is 6.99. The number of rotatable bonds is 9. The lowest BCUT2D eigenvalue weighted by Crippen LogP contribution is -2.47. The molecule has 0 aromatic carbocycles. The molecule has 1 aliphatic heterocycles. The smallest absolute Gasteiger partial charge is 0.229 e. The monoisotopic (exact) mass is 359 g/mol. The normalized spacial score (nSPS) is 30.5. The van der Waals surface area contributed by atoms with Crippen molar-refractivity contribution in [2.24, 2.45) is 22.7 Å². The Morgan fingerprint density at radius 3 is 2.58 bits per heavy atom. The molecule has 5 atom stereocenters. The lowest BCUT2D eigenvalue weighted by molar-refractivity contribution is -0.245. The van der Waals surface area contributed by atoms with E-state index in [9.17, 15) is 4.79 Å². The van der Waals surface area contributed by atoms with E-state index in [1.54, 1.807) is 0 Å². The van der Waals surface area contributed by atoms with Gasteiger partial charge in [-0.2, -0.15) is 0 Å². The van der Waals surface area contributed by atoms with Gasteiger partial charge in [-0.1, -0.05) is 33.6 Å². The van der Waals surface area contributed by atoms with E-state index >= 15 is 0 Å². The summed E-state index contributed by atoms with van der Waals surface area (Å²) in [6.45, 7) is 7.92. The first-order chi connectivity index (χ1) is 11.4. The maximum Gasteiger partial charge on any atom is 0.229 e. The molecule has 0 bridgehead atoms. The summed E-state index contributed by atoms with van der Waals surface area (Å²) in [6, 6.07) is 0. The predicted molar refractivity (Wildman–Crippen MR) is 100 cm³/mol. The zero-order valence-corrected chi connectivity index (χ0v) is 16.5. The molecule has 1 amide bonds. The van der Waals surface area contributed by atoms with Gasteiger partial charge >= 0.3 is 0 Å². The average molecular weight is 360 g/mol. The average Bonchev–Trinajstić information content (AvgIpc) is 2.55. The minimum Gasteiger partial charge on any atom is -0.369 e. The van der Waals surface area contributed by atoms with Gasteiger partial charge in [0.05, 0.1) is 19.0 Å². The summed E-state index contributed by atoms with van der Waals surface area (Å²) in [4.78, 5) is 17.5. The molecule has 0 radical (unpaired) electrons. The van der Waals surface area contributed by atoms with Crippen molar-refractivity contribution in [2.45, 2.75) is 52.4 Å². The van der Waals surface area contributed by atoms with E-state index in [1.807, 2.05) is 25.3 Å². The second kappa shape index (κ2) is 10.9. The molecule has 24 heavy (non-hydrogen) atoms. The molecule has 5 unspecified atom stereocenters. The highest BCUT2D eigenvalue weighted by atomic mass is 32.1. The van der Waals surface area contributed by atoms with E-state index in [-0.39, 0.29) is 18.3 Å². The van der Waals surface area contributed by atoms with Crippen molar-refractivity contribution < 1.29 is 14.3 Å². The van der Waals surface area contributed by atoms with Crippen molar-refractivity contribution in [1.29, 1.82) is 0 Å². The highest BCUT2D eigenvalue weighted by Crippen LogP contribution is 2.35. The quantitative estimate of drug-likeness (QED) is 0.287. The Hall–Kier alpha value is -0.790. The minimum atomic E-state index is -0.200. The fraction of sp³-hybridized carbons (Fsp3) is 0.882. The molecule has 6 nitrogen and oxygen atoms in total. The highest BCUT2D eigenvalue weighted by Gasteiger charge is 2.39. The van der Waals surface area contributed by atoms with E-state index in [1.165, 1.54) is 0 Å². The van der Waals surface area contributed by atoms with Crippen LogP contribution in [0.5, 0.6) is 0 Å². The van der Waals surface area contributed by atoms with Crippen molar-refractivity contribution in [2.75, 3.05) is 27.2 Å². The van der Waals surface area contributed by atoms with Crippen molar-refractivity contribution in [3.8, 4) is 0 Å².